The minimum absolute atomic E-state index is 0.0335. The molecule has 0 saturated carbocycles. The van der Waals surface area contributed by atoms with Crippen LogP contribution in [-0.2, 0) is 4.79 Å². The van der Waals surface area contributed by atoms with Crippen LogP contribution in [-0.4, -0.2) is 35.6 Å². The molecule has 0 amide bonds. The van der Waals surface area contributed by atoms with Crippen LogP contribution in [0.1, 0.15) is 26.7 Å². The molecule has 0 aromatic heterocycles. The summed E-state index contributed by atoms with van der Waals surface area (Å²) in [4.78, 5) is 13.2. The van der Waals surface area contributed by atoms with Crippen LogP contribution < -0.4 is 0 Å². The van der Waals surface area contributed by atoms with Crippen molar-refractivity contribution in [3.63, 3.8) is 0 Å². The fraction of sp³-hybridized carbons (Fsp3) is 0.583. The Balaban J connectivity index is 2.83. The summed E-state index contributed by atoms with van der Waals surface area (Å²) in [6, 6.07) is 0.0335. The van der Waals surface area contributed by atoms with Crippen molar-refractivity contribution in [1.29, 1.82) is 0 Å². The second-order valence-corrected chi connectivity index (χ2v) is 4.09. The Labute approximate surface area is 91.1 Å². The van der Waals surface area contributed by atoms with E-state index in [4.69, 9.17) is 5.11 Å². The number of carboxylic acid groups (broad SMARTS) is 1. The average Bonchev–Trinajstić information content (AvgIpc) is 2.17. The van der Waals surface area contributed by atoms with Crippen LogP contribution in [0.2, 0.25) is 0 Å². The number of allylic oxidation sites excluding steroid dienone is 2. The van der Waals surface area contributed by atoms with Crippen LogP contribution in [0.15, 0.2) is 23.3 Å². The van der Waals surface area contributed by atoms with Crippen LogP contribution in [0.5, 0.6) is 0 Å². The van der Waals surface area contributed by atoms with Crippen molar-refractivity contribution in [2.24, 2.45) is 0 Å². The first kappa shape index (κ1) is 12.0. The Morgan fingerprint density at radius 3 is 2.87 bits per heavy atom. The van der Waals surface area contributed by atoms with Gasteiger partial charge in [-0.15, -0.1) is 0 Å². The minimum atomic E-state index is -0.796. The Bertz CT molecular complexity index is 305. The number of rotatable bonds is 4. The van der Waals surface area contributed by atoms with E-state index in [-0.39, 0.29) is 6.04 Å². The van der Waals surface area contributed by atoms with Crippen molar-refractivity contribution in [2.75, 3.05) is 13.6 Å². The molecule has 0 radical (unpaired) electrons. The third-order valence-electron chi connectivity index (χ3n) is 2.76. The fourth-order valence-corrected chi connectivity index (χ4v) is 1.96. The van der Waals surface area contributed by atoms with Gasteiger partial charge in [-0.1, -0.05) is 18.6 Å². The number of likely N-dealkylation sites (N-methyl/N-ethyl adjacent to an activating group) is 1. The van der Waals surface area contributed by atoms with Crippen molar-refractivity contribution in [3.8, 4) is 0 Å². The van der Waals surface area contributed by atoms with E-state index in [2.05, 4.69) is 17.9 Å². The molecule has 0 bridgehead atoms. The van der Waals surface area contributed by atoms with Crippen LogP contribution in [0, 0.1) is 0 Å². The van der Waals surface area contributed by atoms with E-state index in [0.717, 1.165) is 25.0 Å². The van der Waals surface area contributed by atoms with Gasteiger partial charge in [-0.3, -0.25) is 4.90 Å². The fourth-order valence-electron chi connectivity index (χ4n) is 1.96. The average molecular weight is 209 g/mol. The zero-order valence-corrected chi connectivity index (χ0v) is 9.66. The lowest BCUT2D eigenvalue weighted by Crippen LogP contribution is -2.37. The highest BCUT2D eigenvalue weighted by Gasteiger charge is 2.25. The summed E-state index contributed by atoms with van der Waals surface area (Å²) in [5.41, 5.74) is 1.57. The second kappa shape index (κ2) is 5.12. The van der Waals surface area contributed by atoms with Gasteiger partial charge in [0.15, 0.2) is 0 Å². The first-order valence-electron chi connectivity index (χ1n) is 5.38. The Morgan fingerprint density at radius 1 is 1.67 bits per heavy atom. The number of hydrogen-bond acceptors (Lipinski definition) is 2. The van der Waals surface area contributed by atoms with Crippen LogP contribution >= 0.6 is 0 Å². The molecule has 0 heterocycles. The maximum Gasteiger partial charge on any atom is 0.333 e. The Hall–Kier alpha value is -1.09. The molecular weight excluding hydrogens is 190 g/mol. The molecule has 0 aliphatic heterocycles. The molecule has 3 heteroatoms. The minimum Gasteiger partial charge on any atom is -0.478 e. The van der Waals surface area contributed by atoms with E-state index in [9.17, 15) is 4.79 Å². The van der Waals surface area contributed by atoms with Crippen LogP contribution in [0.4, 0.5) is 0 Å². The molecule has 0 aromatic rings. The van der Waals surface area contributed by atoms with Gasteiger partial charge >= 0.3 is 5.97 Å². The Morgan fingerprint density at radius 2 is 2.33 bits per heavy atom. The van der Waals surface area contributed by atoms with Crippen molar-refractivity contribution >= 4 is 5.97 Å². The highest BCUT2D eigenvalue weighted by molar-refractivity contribution is 5.89. The number of aliphatic carboxylic acids is 1. The van der Waals surface area contributed by atoms with Crippen LogP contribution in [0.3, 0.4) is 0 Å². The summed E-state index contributed by atoms with van der Waals surface area (Å²) in [7, 11) is 1.99. The lowest BCUT2D eigenvalue weighted by atomic mass is 9.94. The lowest BCUT2D eigenvalue weighted by molar-refractivity contribution is -0.133. The number of nitrogens with zero attached hydrogens (tertiary/aromatic N) is 1. The summed E-state index contributed by atoms with van der Waals surface area (Å²) < 4.78 is 0. The number of carbonyl (C=O) groups is 1. The molecule has 1 atom stereocenters. The third kappa shape index (κ3) is 2.93. The smallest absolute Gasteiger partial charge is 0.333 e. The maximum atomic E-state index is 11.1. The summed E-state index contributed by atoms with van der Waals surface area (Å²) >= 11 is 0. The molecule has 84 valence electrons. The van der Waals surface area contributed by atoms with E-state index in [1.807, 2.05) is 14.0 Å². The first-order valence-corrected chi connectivity index (χ1v) is 5.38. The van der Waals surface area contributed by atoms with Gasteiger partial charge in [-0.25, -0.2) is 4.79 Å². The topological polar surface area (TPSA) is 40.5 Å². The first-order chi connectivity index (χ1) is 7.06. The lowest BCUT2D eigenvalue weighted by Gasteiger charge is -2.29. The van der Waals surface area contributed by atoms with Gasteiger partial charge in [0.1, 0.15) is 0 Å². The molecule has 0 fully saturated rings. The van der Waals surface area contributed by atoms with Gasteiger partial charge < -0.3 is 5.11 Å². The van der Waals surface area contributed by atoms with Crippen LogP contribution in [0.25, 0.3) is 0 Å². The molecule has 0 saturated heterocycles. The van der Waals surface area contributed by atoms with Gasteiger partial charge in [0.2, 0.25) is 0 Å². The molecule has 3 nitrogen and oxygen atoms in total. The second-order valence-electron chi connectivity index (χ2n) is 4.09. The quantitative estimate of drug-likeness (QED) is 0.770. The molecular formula is C12H19NO2. The number of hydrogen-bond donors (Lipinski definition) is 1. The largest absolute Gasteiger partial charge is 0.478 e. The SMILES string of the molecule is CCCN(C)C1CC=C(C)C=C1C(=O)O. The third-order valence-corrected chi connectivity index (χ3v) is 2.76. The van der Waals surface area contributed by atoms with Crippen molar-refractivity contribution in [3.05, 3.63) is 23.3 Å². The molecule has 0 spiro atoms. The summed E-state index contributed by atoms with van der Waals surface area (Å²) in [5.74, 6) is -0.796. The van der Waals surface area contributed by atoms with Gasteiger partial charge in [-0.2, -0.15) is 0 Å². The van der Waals surface area contributed by atoms with Crippen molar-refractivity contribution < 1.29 is 9.90 Å². The number of carboxylic acids is 1. The van der Waals surface area contributed by atoms with E-state index in [1.165, 1.54) is 0 Å². The van der Waals surface area contributed by atoms with E-state index in [0.29, 0.717) is 5.57 Å². The van der Waals surface area contributed by atoms with Gasteiger partial charge in [0.05, 0.1) is 5.57 Å². The monoisotopic (exact) mass is 209 g/mol. The van der Waals surface area contributed by atoms with Crippen molar-refractivity contribution in [1.82, 2.24) is 4.90 Å². The van der Waals surface area contributed by atoms with Gasteiger partial charge in [0, 0.05) is 6.04 Å². The highest BCUT2D eigenvalue weighted by atomic mass is 16.4. The Kier molecular flexibility index (Phi) is 4.09. The molecule has 1 rings (SSSR count). The van der Waals surface area contributed by atoms with E-state index in [1.54, 1.807) is 6.08 Å². The maximum absolute atomic E-state index is 11.1. The molecule has 15 heavy (non-hydrogen) atoms. The zero-order valence-electron chi connectivity index (χ0n) is 9.66. The molecule has 1 aliphatic carbocycles. The van der Waals surface area contributed by atoms with Gasteiger partial charge in [0.25, 0.3) is 0 Å². The van der Waals surface area contributed by atoms with E-state index < -0.39 is 5.97 Å². The highest BCUT2D eigenvalue weighted by Crippen LogP contribution is 2.22. The molecule has 1 aliphatic rings. The predicted octanol–water partition coefficient (Wildman–Crippen LogP) is 2.06. The standard InChI is InChI=1S/C12H19NO2/c1-4-7-13(3)11-6-5-9(2)8-10(11)12(14)15/h5,8,11H,4,6-7H2,1-3H3,(H,14,15). The van der Waals surface area contributed by atoms with E-state index >= 15 is 0 Å². The molecule has 1 N–H and O–H groups in total. The molecule has 0 aromatic carbocycles. The summed E-state index contributed by atoms with van der Waals surface area (Å²) in [5, 5.41) is 9.12. The predicted molar refractivity (Wildman–Crippen MR) is 60.8 cm³/mol. The normalized spacial score (nSPS) is 21.2. The van der Waals surface area contributed by atoms with Gasteiger partial charge in [-0.05, 0) is 39.4 Å². The zero-order chi connectivity index (χ0) is 11.4. The summed E-state index contributed by atoms with van der Waals surface area (Å²) in [6.07, 6.45) is 5.73. The summed E-state index contributed by atoms with van der Waals surface area (Å²) in [6.45, 7) is 4.98. The molecule has 1 unspecified atom stereocenters. The van der Waals surface area contributed by atoms with Crippen molar-refractivity contribution in [2.45, 2.75) is 32.7 Å².